The Kier molecular flexibility index (Phi) is 1.58. The van der Waals surface area contributed by atoms with Crippen molar-refractivity contribution in [3.8, 4) is 0 Å². The summed E-state index contributed by atoms with van der Waals surface area (Å²) >= 11 is 0. The molecule has 0 spiro atoms. The van der Waals surface area contributed by atoms with Gasteiger partial charge in [0, 0.05) is 18.6 Å². The lowest BCUT2D eigenvalue weighted by Gasteiger charge is -2.12. The minimum absolute atomic E-state index is 0.409. The van der Waals surface area contributed by atoms with Crippen molar-refractivity contribution in [2.75, 3.05) is 0 Å². The quantitative estimate of drug-likeness (QED) is 0.669. The Hall–Kier alpha value is -1.45. The molecule has 0 atom stereocenters. The van der Waals surface area contributed by atoms with Crippen LogP contribution in [0.25, 0.3) is 5.78 Å². The lowest BCUT2D eigenvalue weighted by Crippen LogP contribution is -2.12. The summed E-state index contributed by atoms with van der Waals surface area (Å²) in [6.45, 7) is 2.96. The lowest BCUT2D eigenvalue weighted by molar-refractivity contribution is 0.214. The summed E-state index contributed by atoms with van der Waals surface area (Å²) < 4.78 is 15.2. The van der Waals surface area contributed by atoms with E-state index in [9.17, 15) is 4.39 Å². The third-order valence-corrected chi connectivity index (χ3v) is 1.87. The predicted molar refractivity (Wildman–Crippen MR) is 47.1 cm³/mol. The van der Waals surface area contributed by atoms with Crippen LogP contribution in [0.5, 0.6) is 0 Å². The van der Waals surface area contributed by atoms with Gasteiger partial charge in [0.1, 0.15) is 5.67 Å². The van der Waals surface area contributed by atoms with Crippen molar-refractivity contribution in [2.24, 2.45) is 0 Å². The maximum atomic E-state index is 13.5. The number of imidazole rings is 1. The fourth-order valence-electron chi connectivity index (χ4n) is 1.14. The molecule has 2 rings (SSSR count). The molecule has 0 aliphatic heterocycles. The molecule has 0 unspecified atom stereocenters. The second-order valence-electron chi connectivity index (χ2n) is 3.42. The van der Waals surface area contributed by atoms with Gasteiger partial charge in [0.15, 0.2) is 0 Å². The average Bonchev–Trinajstić information content (AvgIpc) is 2.47. The number of halogens is 1. The van der Waals surface area contributed by atoms with Crippen LogP contribution in [0.2, 0.25) is 0 Å². The second kappa shape index (κ2) is 2.52. The summed E-state index contributed by atoms with van der Waals surface area (Å²) in [6.07, 6.45) is 5.17. The van der Waals surface area contributed by atoms with E-state index in [-0.39, 0.29) is 0 Å². The first kappa shape index (κ1) is 8.16. The topological polar surface area (TPSA) is 30.2 Å². The van der Waals surface area contributed by atoms with E-state index < -0.39 is 5.67 Å². The summed E-state index contributed by atoms with van der Waals surface area (Å²) in [6, 6.07) is 1.66. The largest absolute Gasteiger partial charge is 0.291 e. The highest BCUT2D eigenvalue weighted by Gasteiger charge is 2.20. The van der Waals surface area contributed by atoms with E-state index in [2.05, 4.69) is 9.97 Å². The van der Waals surface area contributed by atoms with E-state index in [1.54, 1.807) is 29.1 Å². The molecule has 2 heterocycles. The molecular formula is C9H10FN3. The smallest absolute Gasteiger partial charge is 0.234 e. The van der Waals surface area contributed by atoms with Gasteiger partial charge in [-0.05, 0) is 19.9 Å². The van der Waals surface area contributed by atoms with Crippen LogP contribution in [-0.4, -0.2) is 14.4 Å². The zero-order valence-corrected chi connectivity index (χ0v) is 7.53. The third kappa shape index (κ3) is 1.39. The van der Waals surface area contributed by atoms with Gasteiger partial charge in [-0.1, -0.05) is 0 Å². The van der Waals surface area contributed by atoms with Gasteiger partial charge in [0.2, 0.25) is 5.78 Å². The van der Waals surface area contributed by atoms with Crippen molar-refractivity contribution in [3.63, 3.8) is 0 Å². The molecule has 2 aromatic rings. The molecule has 3 nitrogen and oxygen atoms in total. The zero-order chi connectivity index (χ0) is 9.47. The number of nitrogens with zero attached hydrogens (tertiary/aromatic N) is 3. The fourth-order valence-corrected chi connectivity index (χ4v) is 1.14. The molecule has 68 valence electrons. The highest BCUT2D eigenvalue weighted by atomic mass is 19.1. The average molecular weight is 179 g/mol. The number of aromatic nitrogens is 3. The molecule has 0 amide bonds. The predicted octanol–water partition coefficient (Wildman–Crippen LogP) is 1.93. The molecule has 2 aromatic heterocycles. The Morgan fingerprint density at radius 2 is 2.15 bits per heavy atom. The van der Waals surface area contributed by atoms with Crippen molar-refractivity contribution in [3.05, 3.63) is 30.4 Å². The number of hydrogen-bond donors (Lipinski definition) is 0. The van der Waals surface area contributed by atoms with Crippen LogP contribution < -0.4 is 0 Å². The minimum atomic E-state index is -1.41. The minimum Gasteiger partial charge on any atom is -0.291 e. The molecule has 0 saturated carbocycles. The van der Waals surface area contributed by atoms with Crippen LogP contribution in [0.15, 0.2) is 24.7 Å². The number of hydrogen-bond acceptors (Lipinski definition) is 2. The number of alkyl halides is 1. The molecule has 0 fully saturated rings. The maximum Gasteiger partial charge on any atom is 0.234 e. The van der Waals surface area contributed by atoms with E-state index in [1.165, 1.54) is 13.8 Å². The normalized spacial score (nSPS) is 12.2. The van der Waals surface area contributed by atoms with Gasteiger partial charge in [-0.2, -0.15) is 0 Å². The van der Waals surface area contributed by atoms with Crippen LogP contribution in [0.3, 0.4) is 0 Å². The zero-order valence-electron chi connectivity index (χ0n) is 7.53. The van der Waals surface area contributed by atoms with Crippen molar-refractivity contribution in [2.45, 2.75) is 19.5 Å². The van der Waals surface area contributed by atoms with Crippen LogP contribution >= 0.6 is 0 Å². The first-order valence-electron chi connectivity index (χ1n) is 4.06. The summed E-state index contributed by atoms with van der Waals surface area (Å²) in [5, 5.41) is 0. The number of fused-ring (bicyclic) bond motifs is 1. The van der Waals surface area contributed by atoms with Crippen LogP contribution in [-0.2, 0) is 5.67 Å². The molecule has 0 bridgehead atoms. The first-order chi connectivity index (χ1) is 6.07. The second-order valence-corrected chi connectivity index (χ2v) is 3.42. The van der Waals surface area contributed by atoms with Gasteiger partial charge in [-0.3, -0.25) is 4.40 Å². The maximum absolute atomic E-state index is 13.5. The molecule has 0 aliphatic rings. The fraction of sp³-hybridized carbons (Fsp3) is 0.333. The Morgan fingerprint density at radius 1 is 1.38 bits per heavy atom. The standard InChI is InChI=1S/C9H10FN3/c1-9(2,10)7-3-5-13-6-4-11-8(13)12-7/h3-6H,1-2H3. The molecule has 13 heavy (non-hydrogen) atoms. The Morgan fingerprint density at radius 3 is 2.85 bits per heavy atom. The van der Waals surface area contributed by atoms with Crippen molar-refractivity contribution in [1.29, 1.82) is 0 Å². The van der Waals surface area contributed by atoms with Crippen molar-refractivity contribution >= 4 is 5.78 Å². The van der Waals surface area contributed by atoms with E-state index >= 15 is 0 Å². The van der Waals surface area contributed by atoms with Gasteiger partial charge >= 0.3 is 0 Å². The molecular weight excluding hydrogens is 169 g/mol. The van der Waals surface area contributed by atoms with Crippen molar-refractivity contribution in [1.82, 2.24) is 14.4 Å². The molecule has 0 saturated heterocycles. The van der Waals surface area contributed by atoms with Crippen LogP contribution in [0.4, 0.5) is 4.39 Å². The van der Waals surface area contributed by atoms with E-state index in [1.807, 2.05) is 0 Å². The van der Waals surface area contributed by atoms with Gasteiger partial charge < -0.3 is 0 Å². The summed E-state index contributed by atoms with van der Waals surface area (Å²) in [7, 11) is 0. The molecule has 0 radical (unpaired) electrons. The van der Waals surface area contributed by atoms with E-state index in [4.69, 9.17) is 0 Å². The van der Waals surface area contributed by atoms with Crippen molar-refractivity contribution < 1.29 is 4.39 Å². The highest BCUT2D eigenvalue weighted by molar-refractivity contribution is 5.30. The Balaban J connectivity index is 2.61. The van der Waals surface area contributed by atoms with Gasteiger partial charge in [-0.25, -0.2) is 14.4 Å². The monoisotopic (exact) mass is 179 g/mol. The Bertz CT molecular complexity index is 428. The van der Waals surface area contributed by atoms with E-state index in [0.717, 1.165) is 0 Å². The molecule has 4 heteroatoms. The highest BCUT2D eigenvalue weighted by Crippen LogP contribution is 2.22. The molecule has 0 aliphatic carbocycles. The summed E-state index contributed by atoms with van der Waals surface area (Å²) in [4.78, 5) is 8.06. The molecule has 0 aromatic carbocycles. The van der Waals surface area contributed by atoms with Crippen LogP contribution in [0.1, 0.15) is 19.5 Å². The summed E-state index contributed by atoms with van der Waals surface area (Å²) in [5.41, 5.74) is -1.00. The van der Waals surface area contributed by atoms with Crippen LogP contribution in [0, 0.1) is 0 Å². The van der Waals surface area contributed by atoms with E-state index in [0.29, 0.717) is 11.5 Å². The van der Waals surface area contributed by atoms with Gasteiger partial charge in [0.05, 0.1) is 5.69 Å². The lowest BCUT2D eigenvalue weighted by atomic mass is 10.1. The SMILES string of the molecule is CC(C)(F)c1ccn2ccnc2n1. The Labute approximate surface area is 75.2 Å². The number of rotatable bonds is 1. The van der Waals surface area contributed by atoms with Gasteiger partial charge in [0.25, 0.3) is 0 Å². The summed E-state index contributed by atoms with van der Waals surface area (Å²) in [5.74, 6) is 0.531. The first-order valence-corrected chi connectivity index (χ1v) is 4.06. The van der Waals surface area contributed by atoms with Gasteiger partial charge in [-0.15, -0.1) is 0 Å². The molecule has 0 N–H and O–H groups in total. The third-order valence-electron chi connectivity index (χ3n) is 1.87.